The third kappa shape index (κ3) is 3.96. The highest BCUT2D eigenvalue weighted by Crippen LogP contribution is 2.59. The number of hydrogen-bond donors (Lipinski definition) is 0. The minimum absolute atomic E-state index is 0.123. The second-order valence-electron chi connectivity index (χ2n) is 8.64. The van der Waals surface area contributed by atoms with Crippen LogP contribution in [0.2, 0.25) is 0 Å². The lowest BCUT2D eigenvalue weighted by molar-refractivity contribution is -0.180. The number of halogens is 6. The predicted octanol–water partition coefficient (Wildman–Crippen LogP) is 3.22. The number of anilines is 1. The summed E-state index contributed by atoms with van der Waals surface area (Å²) in [7, 11) is 1.92. The third-order valence-electron chi connectivity index (χ3n) is 6.80. The van der Waals surface area contributed by atoms with Crippen LogP contribution in [0.15, 0.2) is 48.8 Å². The Morgan fingerprint density at radius 3 is 2.00 bits per heavy atom. The average Bonchev–Trinajstić information content (AvgIpc) is 3.36. The summed E-state index contributed by atoms with van der Waals surface area (Å²) in [5.74, 6) is -6.65. The number of esters is 1. The summed E-state index contributed by atoms with van der Waals surface area (Å²) in [4.78, 5) is 51.3. The first kappa shape index (κ1) is 27.0. The molecule has 0 aromatic heterocycles. The molecular formula is C23H19F6N3O6. The Morgan fingerprint density at radius 1 is 0.895 bits per heavy atom. The van der Waals surface area contributed by atoms with E-state index in [9.17, 15) is 45.5 Å². The number of likely N-dealkylation sites (tertiary alicyclic amines) is 1. The van der Waals surface area contributed by atoms with Crippen LogP contribution in [0.5, 0.6) is 0 Å². The van der Waals surface area contributed by atoms with Gasteiger partial charge < -0.3 is 9.47 Å². The number of carbonyl (C=O) groups is 4. The van der Waals surface area contributed by atoms with Crippen molar-refractivity contribution >= 4 is 29.6 Å². The van der Waals surface area contributed by atoms with Gasteiger partial charge in [0.05, 0.1) is 19.9 Å². The SMILES string of the molecule is COC(=O)C1CC2(C3C=CN(C(=O)C(F)(F)F)C=C3)c3ccccc3N(C(=O)C(F)(F)F)C2N1C(=O)OC. The van der Waals surface area contributed by atoms with Crippen molar-refractivity contribution in [3.8, 4) is 0 Å². The molecule has 0 saturated carbocycles. The van der Waals surface area contributed by atoms with Gasteiger partial charge in [0.25, 0.3) is 0 Å². The Bertz CT molecular complexity index is 1230. The van der Waals surface area contributed by atoms with E-state index < -0.39 is 59.8 Å². The van der Waals surface area contributed by atoms with Crippen molar-refractivity contribution in [1.82, 2.24) is 9.80 Å². The monoisotopic (exact) mass is 547 g/mol. The summed E-state index contributed by atoms with van der Waals surface area (Å²) in [5, 5.41) is 0. The minimum Gasteiger partial charge on any atom is -0.467 e. The van der Waals surface area contributed by atoms with Crippen LogP contribution in [0, 0.1) is 5.92 Å². The van der Waals surface area contributed by atoms with Crippen LogP contribution in [0.25, 0.3) is 0 Å². The van der Waals surface area contributed by atoms with E-state index in [2.05, 4.69) is 0 Å². The van der Waals surface area contributed by atoms with Gasteiger partial charge in [0.1, 0.15) is 12.2 Å². The molecule has 3 aliphatic rings. The fraction of sp³-hybridized carbons (Fsp3) is 0.391. The summed E-state index contributed by atoms with van der Waals surface area (Å²) in [6, 6.07) is 3.92. The van der Waals surface area contributed by atoms with E-state index in [0.717, 1.165) is 38.8 Å². The van der Waals surface area contributed by atoms with Crippen molar-refractivity contribution in [2.24, 2.45) is 5.92 Å². The fourth-order valence-corrected chi connectivity index (χ4v) is 5.38. The van der Waals surface area contributed by atoms with E-state index in [4.69, 9.17) is 9.47 Å². The Labute approximate surface area is 210 Å². The van der Waals surface area contributed by atoms with Crippen molar-refractivity contribution in [3.05, 3.63) is 54.4 Å². The number of carbonyl (C=O) groups excluding carboxylic acids is 4. The summed E-state index contributed by atoms with van der Waals surface area (Å²) in [5.41, 5.74) is -1.77. The first-order valence-corrected chi connectivity index (χ1v) is 10.9. The number of allylic oxidation sites excluding steroid dienone is 2. The van der Waals surface area contributed by atoms with Crippen LogP contribution in [0.4, 0.5) is 36.8 Å². The molecule has 3 amide bonds. The van der Waals surface area contributed by atoms with Crippen molar-refractivity contribution in [2.75, 3.05) is 19.1 Å². The van der Waals surface area contributed by atoms with Crippen LogP contribution in [-0.2, 0) is 29.3 Å². The highest BCUT2D eigenvalue weighted by Gasteiger charge is 2.69. The second kappa shape index (κ2) is 9.06. The number of benzene rings is 1. The topological polar surface area (TPSA) is 96.5 Å². The number of fused-ring (bicyclic) bond motifs is 3. The van der Waals surface area contributed by atoms with Gasteiger partial charge in [-0.1, -0.05) is 30.4 Å². The molecule has 3 unspecified atom stereocenters. The van der Waals surface area contributed by atoms with Gasteiger partial charge in [0.2, 0.25) is 0 Å². The maximum Gasteiger partial charge on any atom is 0.472 e. The van der Waals surface area contributed by atoms with Crippen LogP contribution in [-0.4, -0.2) is 72.5 Å². The first-order valence-electron chi connectivity index (χ1n) is 10.9. The van der Waals surface area contributed by atoms with E-state index in [1.807, 2.05) is 0 Å². The Morgan fingerprint density at radius 2 is 1.47 bits per heavy atom. The average molecular weight is 547 g/mol. The molecule has 38 heavy (non-hydrogen) atoms. The zero-order chi connectivity index (χ0) is 28.2. The van der Waals surface area contributed by atoms with Crippen molar-refractivity contribution < 1.29 is 55.0 Å². The van der Waals surface area contributed by atoms with Gasteiger partial charge in [-0.3, -0.25) is 24.3 Å². The normalized spacial score (nSPS) is 24.8. The zero-order valence-electron chi connectivity index (χ0n) is 19.6. The quantitative estimate of drug-likeness (QED) is 0.417. The molecule has 1 fully saturated rings. The number of alkyl halides is 6. The number of amides is 3. The molecule has 3 aliphatic heterocycles. The van der Waals surface area contributed by atoms with Gasteiger partial charge >= 0.3 is 36.2 Å². The van der Waals surface area contributed by atoms with Crippen molar-refractivity contribution in [3.63, 3.8) is 0 Å². The molecule has 0 radical (unpaired) electrons. The summed E-state index contributed by atoms with van der Waals surface area (Å²) in [6.45, 7) is 0. The van der Waals surface area contributed by atoms with Gasteiger partial charge in [0, 0.05) is 23.7 Å². The molecule has 4 rings (SSSR count). The standard InChI is InChI=1S/C23H19F6N3O6/c1-37-16(33)15-11-21(12-7-9-30(10-8-12)18(34)22(24,25)26)13-5-3-4-6-14(13)31(19(35)23(27,28)29)17(21)32(15)20(36)38-2/h3-10,12,15,17H,11H2,1-2H3. The van der Waals surface area contributed by atoms with E-state index in [-0.39, 0.29) is 22.6 Å². The van der Waals surface area contributed by atoms with Crippen molar-refractivity contribution in [2.45, 2.75) is 36.4 Å². The maximum atomic E-state index is 13.8. The Kier molecular flexibility index (Phi) is 6.44. The number of ether oxygens (including phenoxy) is 2. The molecule has 1 saturated heterocycles. The molecule has 3 atom stereocenters. The second-order valence-corrected chi connectivity index (χ2v) is 8.64. The van der Waals surface area contributed by atoms with E-state index >= 15 is 0 Å². The van der Waals surface area contributed by atoms with Crippen molar-refractivity contribution in [1.29, 1.82) is 0 Å². The van der Waals surface area contributed by atoms with Gasteiger partial charge in [-0.2, -0.15) is 26.3 Å². The van der Waals surface area contributed by atoms with Gasteiger partial charge in [0.15, 0.2) is 0 Å². The van der Waals surface area contributed by atoms with Gasteiger partial charge in [-0.05, 0) is 18.1 Å². The van der Waals surface area contributed by atoms with Crippen LogP contribution < -0.4 is 4.90 Å². The highest BCUT2D eigenvalue weighted by atomic mass is 19.4. The Hall–Kier alpha value is -4.04. The van der Waals surface area contributed by atoms with Gasteiger partial charge in [-0.15, -0.1) is 0 Å². The number of nitrogens with zero attached hydrogens (tertiary/aromatic N) is 3. The van der Waals surface area contributed by atoms with Crippen LogP contribution >= 0.6 is 0 Å². The molecule has 0 spiro atoms. The highest BCUT2D eigenvalue weighted by molar-refractivity contribution is 6.02. The summed E-state index contributed by atoms with van der Waals surface area (Å²) >= 11 is 0. The first-order chi connectivity index (χ1) is 17.7. The lowest BCUT2D eigenvalue weighted by Gasteiger charge is -2.40. The van der Waals surface area contributed by atoms with E-state index in [1.54, 1.807) is 0 Å². The summed E-state index contributed by atoms with van der Waals surface area (Å²) in [6.07, 6.45) is -10.2. The molecule has 204 valence electrons. The molecule has 15 heteroatoms. The molecular weight excluding hydrogens is 528 g/mol. The zero-order valence-corrected chi connectivity index (χ0v) is 19.6. The van der Waals surface area contributed by atoms with Gasteiger partial charge in [-0.25, -0.2) is 9.59 Å². The lowest BCUT2D eigenvalue weighted by atomic mass is 9.67. The molecule has 1 aromatic rings. The van der Waals surface area contributed by atoms with Crippen LogP contribution in [0.3, 0.4) is 0 Å². The van der Waals surface area contributed by atoms with E-state index in [0.29, 0.717) is 9.80 Å². The minimum atomic E-state index is -5.40. The molecule has 3 heterocycles. The van der Waals surface area contributed by atoms with Crippen LogP contribution in [0.1, 0.15) is 12.0 Å². The molecule has 1 aromatic carbocycles. The number of hydrogen-bond acceptors (Lipinski definition) is 6. The predicted molar refractivity (Wildman–Crippen MR) is 115 cm³/mol. The number of methoxy groups -OCH3 is 2. The maximum absolute atomic E-state index is 13.8. The largest absolute Gasteiger partial charge is 0.472 e. The molecule has 0 N–H and O–H groups in total. The number of para-hydroxylation sites is 1. The van der Waals surface area contributed by atoms with E-state index in [1.165, 1.54) is 24.3 Å². The molecule has 0 aliphatic carbocycles. The Balaban J connectivity index is 1.94. The molecule has 0 bridgehead atoms. The lowest BCUT2D eigenvalue weighted by Crippen LogP contribution is -2.59. The number of rotatable bonds is 2. The molecule has 9 nitrogen and oxygen atoms in total. The fourth-order valence-electron chi connectivity index (χ4n) is 5.38. The smallest absolute Gasteiger partial charge is 0.467 e. The third-order valence-corrected chi connectivity index (χ3v) is 6.80. The summed E-state index contributed by atoms with van der Waals surface area (Å²) < 4.78 is 89.7.